The number of nitrogens with one attached hydrogen (secondary N) is 1. The Morgan fingerprint density at radius 3 is 2.20 bits per heavy atom. The number of amides is 2. The molecule has 0 aromatic heterocycles. The van der Waals surface area contributed by atoms with E-state index < -0.39 is 0 Å². The van der Waals surface area contributed by atoms with Gasteiger partial charge in [0.15, 0.2) is 0 Å². The lowest BCUT2D eigenvalue weighted by Gasteiger charge is -2.38. The van der Waals surface area contributed by atoms with Crippen LogP contribution in [0.3, 0.4) is 0 Å². The second kappa shape index (κ2) is 10.6. The lowest BCUT2D eigenvalue weighted by atomic mass is 9.92. The van der Waals surface area contributed by atoms with Gasteiger partial charge in [-0.25, -0.2) is 0 Å². The summed E-state index contributed by atoms with van der Waals surface area (Å²) in [6.07, 6.45) is 1.21. The van der Waals surface area contributed by atoms with Gasteiger partial charge in [-0.05, 0) is 36.8 Å². The van der Waals surface area contributed by atoms with Crippen LogP contribution in [0.4, 0.5) is 0 Å². The zero-order chi connectivity index (χ0) is 21.7. The molecule has 3 rings (SSSR count). The highest BCUT2D eigenvalue weighted by Crippen LogP contribution is 2.22. The molecule has 1 N–H and O–H groups in total. The van der Waals surface area contributed by atoms with E-state index in [1.807, 2.05) is 36.1 Å². The molecule has 2 saturated heterocycles. The largest absolute Gasteiger partial charge is 0.348 e. The van der Waals surface area contributed by atoms with Gasteiger partial charge in [0.25, 0.3) is 0 Å². The third-order valence-electron chi connectivity index (χ3n) is 6.16. The van der Waals surface area contributed by atoms with Crippen LogP contribution in [-0.2, 0) is 9.59 Å². The maximum atomic E-state index is 12.7. The maximum Gasteiger partial charge on any atom is 0.236 e. The van der Waals surface area contributed by atoms with E-state index in [9.17, 15) is 9.59 Å². The van der Waals surface area contributed by atoms with E-state index in [0.29, 0.717) is 29.9 Å². The first-order valence-corrected chi connectivity index (χ1v) is 11.5. The first-order chi connectivity index (χ1) is 14.3. The van der Waals surface area contributed by atoms with Crippen molar-refractivity contribution in [3.05, 3.63) is 34.9 Å². The predicted molar refractivity (Wildman–Crippen MR) is 120 cm³/mol. The maximum absolute atomic E-state index is 12.7. The molecule has 2 amide bonds. The Bertz CT molecular complexity index is 726. The Hall–Kier alpha value is -1.63. The van der Waals surface area contributed by atoms with Gasteiger partial charge >= 0.3 is 0 Å². The first kappa shape index (κ1) is 23.0. The highest BCUT2D eigenvalue weighted by Gasteiger charge is 2.28. The van der Waals surface area contributed by atoms with Gasteiger partial charge in [-0.2, -0.15) is 0 Å². The van der Waals surface area contributed by atoms with Crippen LogP contribution in [0, 0.1) is 11.8 Å². The quantitative estimate of drug-likeness (QED) is 0.747. The van der Waals surface area contributed by atoms with Crippen molar-refractivity contribution in [3.8, 4) is 0 Å². The standard InChI is InChI=1S/C23H35ClN4O2/c1-17-12-18(2)14-28(13-17)23(30)16-27-10-8-26(9-11-27)15-22(29)25-19(3)20-6-4-5-7-21(20)24/h4-7,17-19H,8-16H2,1-3H3,(H,25,29)/t17-,18-,19-/m1/s1. The molecule has 0 spiro atoms. The van der Waals surface area contributed by atoms with Crippen molar-refractivity contribution < 1.29 is 9.59 Å². The number of likely N-dealkylation sites (tertiary alicyclic amines) is 1. The summed E-state index contributed by atoms with van der Waals surface area (Å²) in [6.45, 7) is 12.3. The van der Waals surface area contributed by atoms with Gasteiger partial charge in [-0.15, -0.1) is 0 Å². The lowest BCUT2D eigenvalue weighted by molar-refractivity contribution is -0.135. The van der Waals surface area contributed by atoms with Crippen LogP contribution in [0.25, 0.3) is 0 Å². The van der Waals surface area contributed by atoms with E-state index >= 15 is 0 Å². The number of piperazine rings is 1. The Labute approximate surface area is 185 Å². The van der Waals surface area contributed by atoms with Gasteiger partial charge in [0.2, 0.25) is 11.8 Å². The number of rotatable bonds is 6. The van der Waals surface area contributed by atoms with Crippen LogP contribution in [0.5, 0.6) is 0 Å². The number of nitrogens with zero attached hydrogens (tertiary/aromatic N) is 3. The number of benzene rings is 1. The van der Waals surface area contributed by atoms with E-state index in [1.54, 1.807) is 0 Å². The Morgan fingerprint density at radius 2 is 1.60 bits per heavy atom. The molecule has 2 aliphatic heterocycles. The van der Waals surface area contributed by atoms with E-state index in [4.69, 9.17) is 11.6 Å². The second-order valence-corrected chi connectivity index (χ2v) is 9.51. The van der Waals surface area contributed by atoms with Gasteiger partial charge in [0.05, 0.1) is 19.1 Å². The van der Waals surface area contributed by atoms with E-state index in [2.05, 4.69) is 29.0 Å². The highest BCUT2D eigenvalue weighted by molar-refractivity contribution is 6.31. The number of carbonyl (C=O) groups excluding carboxylic acids is 2. The lowest BCUT2D eigenvalue weighted by Crippen LogP contribution is -2.53. The highest BCUT2D eigenvalue weighted by atomic mass is 35.5. The molecule has 0 saturated carbocycles. The molecule has 3 atom stereocenters. The summed E-state index contributed by atoms with van der Waals surface area (Å²) in [7, 11) is 0. The van der Waals surface area contributed by atoms with Crippen LogP contribution in [0.15, 0.2) is 24.3 Å². The monoisotopic (exact) mass is 434 g/mol. The van der Waals surface area contributed by atoms with E-state index in [-0.39, 0.29) is 17.9 Å². The Morgan fingerprint density at radius 1 is 1.03 bits per heavy atom. The van der Waals surface area contributed by atoms with Gasteiger partial charge in [-0.1, -0.05) is 43.6 Å². The average Bonchev–Trinajstić information content (AvgIpc) is 2.69. The van der Waals surface area contributed by atoms with Crippen LogP contribution < -0.4 is 5.32 Å². The molecule has 166 valence electrons. The van der Waals surface area contributed by atoms with Crippen molar-refractivity contribution in [3.63, 3.8) is 0 Å². The SMILES string of the molecule is C[C@@H]1C[C@@H](C)CN(C(=O)CN2CCN(CC(=O)N[C@H](C)c3ccccc3Cl)CC2)C1. The van der Waals surface area contributed by atoms with Crippen molar-refractivity contribution in [2.24, 2.45) is 11.8 Å². The molecule has 1 aromatic carbocycles. The molecule has 0 unspecified atom stereocenters. The summed E-state index contributed by atoms with van der Waals surface area (Å²) in [4.78, 5) is 31.6. The number of hydrogen-bond acceptors (Lipinski definition) is 4. The molecule has 2 fully saturated rings. The molecule has 1 aromatic rings. The molecule has 7 heteroatoms. The summed E-state index contributed by atoms with van der Waals surface area (Å²) in [5, 5.41) is 3.71. The normalized spacial score (nSPS) is 24.5. The number of carbonyl (C=O) groups is 2. The van der Waals surface area contributed by atoms with Gasteiger partial charge in [0, 0.05) is 44.3 Å². The molecule has 30 heavy (non-hydrogen) atoms. The van der Waals surface area contributed by atoms with Crippen molar-refractivity contribution >= 4 is 23.4 Å². The van der Waals surface area contributed by atoms with Crippen LogP contribution in [0.1, 0.15) is 38.8 Å². The molecule has 2 aliphatic rings. The summed E-state index contributed by atoms with van der Waals surface area (Å²) < 4.78 is 0. The zero-order valence-corrected chi connectivity index (χ0v) is 19.2. The Balaban J connectivity index is 1.39. The minimum absolute atomic E-state index is 0.00300. The molecule has 6 nitrogen and oxygen atoms in total. The minimum Gasteiger partial charge on any atom is -0.348 e. The van der Waals surface area contributed by atoms with Crippen LogP contribution >= 0.6 is 11.6 Å². The molecule has 2 heterocycles. The third-order valence-corrected chi connectivity index (χ3v) is 6.51. The number of hydrogen-bond donors (Lipinski definition) is 1. The van der Waals surface area contributed by atoms with Crippen molar-refractivity contribution in [2.75, 3.05) is 52.4 Å². The predicted octanol–water partition coefficient (Wildman–Crippen LogP) is 2.64. The van der Waals surface area contributed by atoms with Crippen molar-refractivity contribution in [1.82, 2.24) is 20.0 Å². The molecule has 0 radical (unpaired) electrons. The van der Waals surface area contributed by atoms with E-state index in [0.717, 1.165) is 44.8 Å². The van der Waals surface area contributed by atoms with Crippen molar-refractivity contribution in [2.45, 2.75) is 33.2 Å². The molecule has 0 aliphatic carbocycles. The van der Waals surface area contributed by atoms with Crippen LogP contribution in [0.2, 0.25) is 5.02 Å². The van der Waals surface area contributed by atoms with Crippen molar-refractivity contribution in [1.29, 1.82) is 0 Å². The molecular weight excluding hydrogens is 400 g/mol. The van der Waals surface area contributed by atoms with E-state index in [1.165, 1.54) is 6.42 Å². The van der Waals surface area contributed by atoms with Gasteiger partial charge < -0.3 is 10.2 Å². The Kier molecular flexibility index (Phi) is 8.14. The average molecular weight is 435 g/mol. The number of piperidine rings is 1. The summed E-state index contributed by atoms with van der Waals surface area (Å²) in [5.74, 6) is 1.42. The topological polar surface area (TPSA) is 55.9 Å². The minimum atomic E-state index is -0.126. The second-order valence-electron chi connectivity index (χ2n) is 9.11. The summed E-state index contributed by atoms with van der Waals surface area (Å²) >= 11 is 6.23. The fraction of sp³-hybridized carbons (Fsp3) is 0.652. The third kappa shape index (κ3) is 6.43. The smallest absolute Gasteiger partial charge is 0.236 e. The fourth-order valence-electron chi connectivity index (χ4n) is 4.66. The molecular formula is C23H35ClN4O2. The summed E-state index contributed by atoms with van der Waals surface area (Å²) in [5.41, 5.74) is 0.928. The summed E-state index contributed by atoms with van der Waals surface area (Å²) in [6, 6.07) is 7.46. The first-order valence-electron chi connectivity index (χ1n) is 11.1. The zero-order valence-electron chi connectivity index (χ0n) is 18.4. The fourth-order valence-corrected chi connectivity index (χ4v) is 4.96. The molecule has 0 bridgehead atoms. The van der Waals surface area contributed by atoms with Gasteiger partial charge in [-0.3, -0.25) is 19.4 Å². The number of halogens is 1. The van der Waals surface area contributed by atoms with Gasteiger partial charge in [0.1, 0.15) is 0 Å². The van der Waals surface area contributed by atoms with Crippen LogP contribution in [-0.4, -0.2) is 78.9 Å².